The Hall–Kier alpha value is -3.09. The first-order chi connectivity index (χ1) is 15.9. The van der Waals surface area contributed by atoms with Crippen LogP contribution in [0.2, 0.25) is 0 Å². The molecule has 1 N–H and O–H groups in total. The largest absolute Gasteiger partial charge is 0.370 e. The lowest BCUT2D eigenvalue weighted by Crippen LogP contribution is -2.33. The minimum atomic E-state index is -0.380. The van der Waals surface area contributed by atoms with E-state index < -0.39 is 0 Å². The number of anilines is 2. The first kappa shape index (κ1) is 23.1. The van der Waals surface area contributed by atoms with Gasteiger partial charge in [-0.15, -0.1) is 10.2 Å². The minimum Gasteiger partial charge on any atom is -0.370 e. The van der Waals surface area contributed by atoms with Crippen LogP contribution in [0.1, 0.15) is 44.4 Å². The van der Waals surface area contributed by atoms with Crippen LogP contribution >= 0.6 is 11.8 Å². The van der Waals surface area contributed by atoms with Crippen LogP contribution in [0.5, 0.6) is 0 Å². The van der Waals surface area contributed by atoms with Crippen molar-refractivity contribution in [1.29, 1.82) is 5.26 Å². The van der Waals surface area contributed by atoms with Gasteiger partial charge in [-0.05, 0) is 45.4 Å². The molecule has 0 saturated heterocycles. The molecule has 1 aliphatic heterocycles. The van der Waals surface area contributed by atoms with Crippen LogP contribution in [-0.2, 0) is 22.6 Å². The summed E-state index contributed by atoms with van der Waals surface area (Å²) in [6.07, 6.45) is 0.598. The molecule has 1 aliphatic rings. The second-order valence-corrected chi connectivity index (χ2v) is 9.45. The van der Waals surface area contributed by atoms with E-state index in [9.17, 15) is 10.1 Å². The van der Waals surface area contributed by atoms with Crippen LogP contribution in [-0.4, -0.2) is 49.8 Å². The summed E-state index contributed by atoms with van der Waals surface area (Å²) < 4.78 is 7.90. The summed E-state index contributed by atoms with van der Waals surface area (Å²) in [5, 5.41) is 23.0. The van der Waals surface area contributed by atoms with Crippen molar-refractivity contribution < 1.29 is 9.53 Å². The van der Waals surface area contributed by atoms with Crippen molar-refractivity contribution in [3.05, 3.63) is 47.0 Å². The van der Waals surface area contributed by atoms with Crippen molar-refractivity contribution >= 4 is 34.8 Å². The topological polar surface area (TPSA) is 95.5 Å². The highest BCUT2D eigenvalue weighted by Crippen LogP contribution is 2.38. The van der Waals surface area contributed by atoms with E-state index in [2.05, 4.69) is 21.6 Å². The molecule has 0 spiro atoms. The van der Waals surface area contributed by atoms with Crippen LogP contribution in [0.4, 0.5) is 11.5 Å². The molecule has 0 fully saturated rings. The molecule has 1 aromatic carbocycles. The van der Waals surface area contributed by atoms with E-state index in [1.54, 1.807) is 4.90 Å². The molecular weight excluding hydrogens is 436 g/mol. The van der Waals surface area contributed by atoms with E-state index in [0.717, 1.165) is 16.8 Å². The number of amides is 1. The molecule has 2 aromatic heterocycles. The van der Waals surface area contributed by atoms with Gasteiger partial charge in [-0.3, -0.25) is 9.20 Å². The molecule has 9 heteroatoms. The average Bonchev–Trinajstić information content (AvgIpc) is 3.22. The second-order valence-electron chi connectivity index (χ2n) is 8.50. The van der Waals surface area contributed by atoms with Gasteiger partial charge in [-0.2, -0.15) is 5.26 Å². The number of nitrogens with zero attached hydrogens (tertiary/aromatic N) is 5. The van der Waals surface area contributed by atoms with Gasteiger partial charge in [-0.1, -0.05) is 30.0 Å². The molecule has 0 atom stereocenters. The van der Waals surface area contributed by atoms with Crippen LogP contribution in [0, 0.1) is 11.3 Å². The van der Waals surface area contributed by atoms with E-state index >= 15 is 0 Å². The van der Waals surface area contributed by atoms with E-state index in [1.807, 2.05) is 62.4 Å². The van der Waals surface area contributed by atoms with Crippen LogP contribution < -0.4 is 5.32 Å². The van der Waals surface area contributed by atoms with Gasteiger partial charge in [0.25, 0.3) is 0 Å². The average molecular weight is 465 g/mol. The number of pyridine rings is 1. The van der Waals surface area contributed by atoms with Crippen molar-refractivity contribution in [1.82, 2.24) is 19.5 Å². The molecule has 0 bridgehead atoms. The van der Waals surface area contributed by atoms with Gasteiger partial charge in [0, 0.05) is 30.8 Å². The highest BCUT2D eigenvalue weighted by atomic mass is 32.2. The second kappa shape index (κ2) is 9.41. The van der Waals surface area contributed by atoms with Gasteiger partial charge in [0.05, 0.1) is 23.5 Å². The van der Waals surface area contributed by atoms with Crippen molar-refractivity contribution in [2.75, 3.05) is 24.2 Å². The molecule has 172 valence electrons. The van der Waals surface area contributed by atoms with Crippen LogP contribution in [0.3, 0.4) is 0 Å². The summed E-state index contributed by atoms with van der Waals surface area (Å²) in [5.74, 6) is 0.899. The number of hydrogen-bond acceptors (Lipinski definition) is 7. The van der Waals surface area contributed by atoms with Crippen LogP contribution in [0.25, 0.3) is 5.65 Å². The number of ether oxygens (including phenoxy) is 1. The molecule has 33 heavy (non-hydrogen) atoms. The first-order valence-electron chi connectivity index (χ1n) is 11.1. The highest BCUT2D eigenvalue weighted by molar-refractivity contribution is 7.99. The number of fused-ring (bicyclic) bond motifs is 3. The van der Waals surface area contributed by atoms with Gasteiger partial charge in [-0.25, -0.2) is 0 Å². The molecule has 4 rings (SSSR count). The number of aromatic nitrogens is 3. The van der Waals surface area contributed by atoms with Gasteiger partial charge in [0.2, 0.25) is 5.91 Å². The zero-order valence-corrected chi connectivity index (χ0v) is 20.2. The van der Waals surface area contributed by atoms with E-state index in [0.29, 0.717) is 48.3 Å². The lowest BCUT2D eigenvalue weighted by Gasteiger charge is -2.33. The predicted molar refractivity (Wildman–Crippen MR) is 129 cm³/mol. The Morgan fingerprint density at radius 1 is 1.24 bits per heavy atom. The Morgan fingerprint density at radius 3 is 2.64 bits per heavy atom. The Labute approximate surface area is 197 Å². The van der Waals surface area contributed by atoms with E-state index in [4.69, 9.17) is 4.74 Å². The SMILES string of the molecule is CCN(CC)C(=O)CSc1nnc2c3c(c(C#N)c(Nc4ccccc4)n12)CC(C)(C)OC3. The number of nitriles is 1. The Kier molecular flexibility index (Phi) is 6.58. The lowest BCUT2D eigenvalue weighted by atomic mass is 9.89. The third kappa shape index (κ3) is 4.54. The monoisotopic (exact) mass is 464 g/mol. The maximum Gasteiger partial charge on any atom is 0.233 e. The molecule has 8 nitrogen and oxygen atoms in total. The zero-order valence-electron chi connectivity index (χ0n) is 19.4. The van der Waals surface area contributed by atoms with Crippen LogP contribution in [0.15, 0.2) is 35.5 Å². The van der Waals surface area contributed by atoms with E-state index in [1.165, 1.54) is 11.8 Å². The Bertz CT molecular complexity index is 1210. The number of carbonyl (C=O) groups is 1. The normalized spacial score (nSPS) is 14.5. The van der Waals surface area contributed by atoms with E-state index in [-0.39, 0.29) is 17.3 Å². The summed E-state index contributed by atoms with van der Waals surface area (Å²) in [4.78, 5) is 14.4. The Balaban J connectivity index is 1.84. The minimum absolute atomic E-state index is 0.0443. The van der Waals surface area contributed by atoms with Gasteiger partial charge in [0.15, 0.2) is 10.8 Å². The van der Waals surface area contributed by atoms with Gasteiger partial charge >= 0.3 is 0 Å². The molecular formula is C24H28N6O2S. The summed E-state index contributed by atoms with van der Waals surface area (Å²) in [6.45, 7) is 9.66. The zero-order chi connectivity index (χ0) is 23.6. The molecule has 0 aliphatic carbocycles. The third-order valence-electron chi connectivity index (χ3n) is 5.83. The highest BCUT2D eigenvalue weighted by Gasteiger charge is 2.33. The fraction of sp³-hybridized carbons (Fsp3) is 0.417. The maximum absolute atomic E-state index is 12.6. The summed E-state index contributed by atoms with van der Waals surface area (Å²) in [5.41, 5.74) is 3.48. The number of hydrogen-bond donors (Lipinski definition) is 1. The number of benzene rings is 1. The number of rotatable bonds is 7. The number of carbonyl (C=O) groups excluding carboxylic acids is 1. The van der Waals surface area contributed by atoms with Crippen molar-refractivity contribution in [2.45, 2.75) is 51.5 Å². The quantitative estimate of drug-likeness (QED) is 0.525. The van der Waals surface area contributed by atoms with Crippen molar-refractivity contribution in [3.63, 3.8) is 0 Å². The molecule has 3 heterocycles. The fourth-order valence-electron chi connectivity index (χ4n) is 4.08. The summed E-state index contributed by atoms with van der Waals surface area (Å²) in [7, 11) is 0. The molecule has 3 aromatic rings. The summed E-state index contributed by atoms with van der Waals surface area (Å²) >= 11 is 1.33. The summed E-state index contributed by atoms with van der Waals surface area (Å²) in [6, 6.07) is 12.1. The third-order valence-corrected chi connectivity index (χ3v) is 6.74. The first-order valence-corrected chi connectivity index (χ1v) is 12.1. The van der Waals surface area contributed by atoms with Gasteiger partial charge < -0.3 is 15.0 Å². The molecule has 0 unspecified atom stereocenters. The van der Waals surface area contributed by atoms with Gasteiger partial charge in [0.1, 0.15) is 11.9 Å². The molecule has 1 amide bonds. The maximum atomic E-state index is 12.6. The number of para-hydroxylation sites is 1. The fourth-order valence-corrected chi connectivity index (χ4v) is 4.92. The standard InChI is InChI=1S/C24H28N6O2S/c1-5-29(6-2)20(31)15-33-23-28-27-22-19-14-32-24(3,4)12-17(19)18(13-25)21(30(22)23)26-16-10-8-7-9-11-16/h7-11,26H,5-6,12,14-15H2,1-4H3. The van der Waals surface area contributed by atoms with Crippen molar-refractivity contribution in [2.24, 2.45) is 0 Å². The van der Waals surface area contributed by atoms with Crippen molar-refractivity contribution in [3.8, 4) is 6.07 Å². The Morgan fingerprint density at radius 2 is 1.97 bits per heavy atom. The number of nitrogens with one attached hydrogen (secondary N) is 1. The predicted octanol–water partition coefficient (Wildman–Crippen LogP) is 4.16. The molecule has 0 radical (unpaired) electrons. The number of thioether (sulfide) groups is 1. The lowest BCUT2D eigenvalue weighted by molar-refractivity contribution is -0.127. The smallest absolute Gasteiger partial charge is 0.233 e. The molecule has 0 saturated carbocycles.